The molecule has 1 aromatic rings. The van der Waals surface area contributed by atoms with Crippen molar-refractivity contribution in [2.45, 2.75) is 38.0 Å². The van der Waals surface area contributed by atoms with E-state index < -0.39 is 12.1 Å². The first-order valence-electron chi connectivity index (χ1n) is 6.98. The Kier molecular flexibility index (Phi) is 5.54. The monoisotopic (exact) mass is 298 g/mol. The fraction of sp³-hybridized carbons (Fsp3) is 0.643. The highest BCUT2D eigenvalue weighted by Crippen LogP contribution is 2.26. The van der Waals surface area contributed by atoms with Gasteiger partial charge < -0.3 is 20.5 Å². The van der Waals surface area contributed by atoms with Crippen molar-refractivity contribution in [3.63, 3.8) is 0 Å². The van der Waals surface area contributed by atoms with Crippen LogP contribution in [0.2, 0.25) is 0 Å². The van der Waals surface area contributed by atoms with Gasteiger partial charge in [-0.2, -0.15) is 0 Å². The molecule has 0 aromatic carbocycles. The molecule has 2 unspecified atom stereocenters. The van der Waals surface area contributed by atoms with Gasteiger partial charge >= 0.3 is 0 Å². The lowest BCUT2D eigenvalue weighted by molar-refractivity contribution is -0.142. The molecule has 1 aliphatic rings. The minimum atomic E-state index is -0.560. The molecule has 3 atom stereocenters. The molecule has 0 aliphatic carbocycles. The quantitative estimate of drug-likeness (QED) is 0.854. The second-order valence-corrected chi connectivity index (χ2v) is 6.02. The highest BCUT2D eigenvalue weighted by molar-refractivity contribution is 7.10. The van der Waals surface area contributed by atoms with Gasteiger partial charge in [0.15, 0.2) is 0 Å². The van der Waals surface area contributed by atoms with Crippen molar-refractivity contribution in [3.05, 3.63) is 22.4 Å². The summed E-state index contributed by atoms with van der Waals surface area (Å²) in [6.45, 7) is 3.45. The maximum Gasteiger partial charge on any atom is 0.239 e. The summed E-state index contributed by atoms with van der Waals surface area (Å²) in [4.78, 5) is 15.0. The van der Waals surface area contributed by atoms with E-state index in [0.717, 1.165) is 4.88 Å². The van der Waals surface area contributed by atoms with Crippen molar-refractivity contribution < 1.29 is 14.6 Å². The fourth-order valence-electron chi connectivity index (χ4n) is 2.38. The van der Waals surface area contributed by atoms with E-state index in [1.807, 2.05) is 24.4 Å². The Hall–Kier alpha value is -0.950. The number of carbonyl (C=O) groups is 1. The number of amides is 1. The number of aliphatic hydroxyl groups excluding tert-OH is 1. The molecule has 2 rings (SSSR count). The Morgan fingerprint density at radius 3 is 3.15 bits per heavy atom. The third kappa shape index (κ3) is 3.58. The van der Waals surface area contributed by atoms with E-state index in [2.05, 4.69) is 0 Å². The zero-order valence-corrected chi connectivity index (χ0v) is 12.5. The Morgan fingerprint density at radius 2 is 2.50 bits per heavy atom. The molecule has 20 heavy (non-hydrogen) atoms. The topological polar surface area (TPSA) is 75.8 Å². The largest absolute Gasteiger partial charge is 0.387 e. The van der Waals surface area contributed by atoms with E-state index in [9.17, 15) is 9.90 Å². The maximum absolute atomic E-state index is 12.3. The zero-order valence-electron chi connectivity index (χ0n) is 11.7. The standard InChI is InChI=1S/C14H22N2O3S/c1-2-11(15)14(18)16-5-6-19-9-10(16)8-12(17)13-4-3-7-20-13/h3-4,7,10-12,17H,2,5-6,8-9,15H2,1H3/t10?,11-,12?/m0/s1. The first-order chi connectivity index (χ1) is 9.63. The van der Waals surface area contributed by atoms with Gasteiger partial charge in [-0.05, 0) is 17.9 Å². The van der Waals surface area contributed by atoms with Gasteiger partial charge in [-0.1, -0.05) is 13.0 Å². The Morgan fingerprint density at radius 1 is 1.70 bits per heavy atom. The molecule has 2 heterocycles. The van der Waals surface area contributed by atoms with E-state index in [1.165, 1.54) is 11.3 Å². The summed E-state index contributed by atoms with van der Waals surface area (Å²) < 4.78 is 5.45. The van der Waals surface area contributed by atoms with Gasteiger partial charge in [-0.15, -0.1) is 11.3 Å². The highest BCUT2D eigenvalue weighted by atomic mass is 32.1. The molecule has 0 spiro atoms. The molecule has 1 saturated heterocycles. The normalized spacial score (nSPS) is 22.6. The van der Waals surface area contributed by atoms with Crippen LogP contribution >= 0.6 is 11.3 Å². The van der Waals surface area contributed by atoms with Crippen molar-refractivity contribution in [3.8, 4) is 0 Å². The van der Waals surface area contributed by atoms with Gasteiger partial charge in [-0.3, -0.25) is 4.79 Å². The van der Waals surface area contributed by atoms with Crippen molar-refractivity contribution >= 4 is 17.2 Å². The first-order valence-corrected chi connectivity index (χ1v) is 7.86. The third-order valence-corrected chi connectivity index (χ3v) is 4.61. The SMILES string of the molecule is CC[C@H](N)C(=O)N1CCOCC1CC(O)c1cccs1. The predicted octanol–water partition coefficient (Wildman–Crippen LogP) is 1.14. The first kappa shape index (κ1) is 15.4. The van der Waals surface area contributed by atoms with Crippen LogP contribution in [0.5, 0.6) is 0 Å². The molecule has 3 N–H and O–H groups in total. The molecule has 6 heteroatoms. The van der Waals surface area contributed by atoms with Crippen LogP contribution in [0.3, 0.4) is 0 Å². The number of hydrogen-bond donors (Lipinski definition) is 2. The minimum Gasteiger partial charge on any atom is -0.387 e. The molecule has 1 aliphatic heterocycles. The number of rotatable bonds is 5. The van der Waals surface area contributed by atoms with Gasteiger partial charge in [0.25, 0.3) is 0 Å². The average Bonchev–Trinajstić information content (AvgIpc) is 3.00. The third-order valence-electron chi connectivity index (χ3n) is 3.63. The van der Waals surface area contributed by atoms with Crippen LogP contribution in [-0.4, -0.2) is 47.8 Å². The number of ether oxygens (including phenoxy) is 1. The number of aliphatic hydroxyl groups is 1. The molecule has 0 radical (unpaired) electrons. The summed E-state index contributed by atoms with van der Waals surface area (Å²) in [5.74, 6) is -0.0424. The van der Waals surface area contributed by atoms with E-state index >= 15 is 0 Å². The smallest absolute Gasteiger partial charge is 0.239 e. The second kappa shape index (κ2) is 7.17. The van der Waals surface area contributed by atoms with Crippen LogP contribution in [0.4, 0.5) is 0 Å². The summed E-state index contributed by atoms with van der Waals surface area (Å²) in [5.41, 5.74) is 5.84. The van der Waals surface area contributed by atoms with Crippen molar-refractivity contribution in [2.24, 2.45) is 5.73 Å². The molecule has 0 saturated carbocycles. The molecule has 1 amide bonds. The molecule has 1 fully saturated rings. The van der Waals surface area contributed by atoms with Crippen LogP contribution in [-0.2, 0) is 9.53 Å². The number of nitrogens with two attached hydrogens (primary N) is 1. The summed E-state index contributed by atoms with van der Waals surface area (Å²) in [6.07, 6.45) is 0.550. The number of hydrogen-bond acceptors (Lipinski definition) is 5. The van der Waals surface area contributed by atoms with E-state index in [1.54, 1.807) is 4.90 Å². The van der Waals surface area contributed by atoms with Crippen LogP contribution in [0, 0.1) is 0 Å². The lowest BCUT2D eigenvalue weighted by Crippen LogP contribution is -2.54. The van der Waals surface area contributed by atoms with Gasteiger partial charge in [0.05, 0.1) is 31.4 Å². The number of thiophene rings is 1. The lowest BCUT2D eigenvalue weighted by Gasteiger charge is -2.37. The Balaban J connectivity index is 2.01. The zero-order chi connectivity index (χ0) is 14.5. The van der Waals surface area contributed by atoms with Gasteiger partial charge in [-0.25, -0.2) is 0 Å². The second-order valence-electron chi connectivity index (χ2n) is 5.04. The van der Waals surface area contributed by atoms with Gasteiger partial charge in [0.1, 0.15) is 0 Å². The van der Waals surface area contributed by atoms with E-state index in [-0.39, 0.29) is 11.9 Å². The van der Waals surface area contributed by atoms with Crippen LogP contribution in [0.1, 0.15) is 30.7 Å². The van der Waals surface area contributed by atoms with Crippen LogP contribution in [0.25, 0.3) is 0 Å². The summed E-state index contributed by atoms with van der Waals surface area (Å²) in [7, 11) is 0. The maximum atomic E-state index is 12.3. The van der Waals surface area contributed by atoms with Gasteiger partial charge in [0, 0.05) is 17.8 Å². The number of carbonyl (C=O) groups excluding carboxylic acids is 1. The van der Waals surface area contributed by atoms with Crippen molar-refractivity contribution in [1.29, 1.82) is 0 Å². The highest BCUT2D eigenvalue weighted by Gasteiger charge is 2.31. The molecular weight excluding hydrogens is 276 g/mol. The van der Waals surface area contributed by atoms with Crippen LogP contribution < -0.4 is 5.73 Å². The number of nitrogens with zero attached hydrogens (tertiary/aromatic N) is 1. The molecular formula is C14H22N2O3S. The summed E-state index contributed by atoms with van der Waals surface area (Å²) in [6, 6.07) is 3.25. The van der Waals surface area contributed by atoms with Crippen LogP contribution in [0.15, 0.2) is 17.5 Å². The van der Waals surface area contributed by atoms with E-state index in [4.69, 9.17) is 10.5 Å². The summed E-state index contributed by atoms with van der Waals surface area (Å²) in [5, 5.41) is 12.2. The fourth-order valence-corrected chi connectivity index (χ4v) is 3.11. The van der Waals surface area contributed by atoms with Gasteiger partial charge in [0.2, 0.25) is 5.91 Å². The molecule has 0 bridgehead atoms. The van der Waals surface area contributed by atoms with Crippen molar-refractivity contribution in [1.82, 2.24) is 4.90 Å². The minimum absolute atomic E-state index is 0.0424. The molecule has 1 aromatic heterocycles. The van der Waals surface area contributed by atoms with Crippen molar-refractivity contribution in [2.75, 3.05) is 19.8 Å². The number of morpholine rings is 1. The molecule has 5 nitrogen and oxygen atoms in total. The average molecular weight is 298 g/mol. The predicted molar refractivity (Wildman–Crippen MR) is 78.5 cm³/mol. The Labute approximate surface area is 123 Å². The lowest BCUT2D eigenvalue weighted by atomic mass is 10.0. The molecule has 112 valence electrons. The Bertz CT molecular complexity index is 424. The van der Waals surface area contributed by atoms with E-state index in [0.29, 0.717) is 32.6 Å². The summed E-state index contributed by atoms with van der Waals surface area (Å²) >= 11 is 1.52.